The first kappa shape index (κ1) is 15.1. The zero-order chi connectivity index (χ0) is 14.6. The minimum atomic E-state index is -4.32. The number of anilines is 1. The molecule has 0 saturated carbocycles. The van der Waals surface area contributed by atoms with Gasteiger partial charge in [0.2, 0.25) is 0 Å². The summed E-state index contributed by atoms with van der Waals surface area (Å²) >= 11 is 0. The number of nitrogens with two attached hydrogens (primary N) is 1. The number of hydrogen-bond acceptors (Lipinski definition) is 3. The van der Waals surface area contributed by atoms with Gasteiger partial charge in [-0.15, -0.1) is 0 Å². The Morgan fingerprint density at radius 1 is 1.47 bits per heavy atom. The van der Waals surface area contributed by atoms with Crippen molar-refractivity contribution in [3.05, 3.63) is 23.8 Å². The highest BCUT2D eigenvalue weighted by Gasteiger charge is 2.30. The lowest BCUT2D eigenvalue weighted by Gasteiger charge is -2.16. The molecule has 1 atom stereocenters. The van der Waals surface area contributed by atoms with Crippen molar-refractivity contribution in [2.75, 3.05) is 12.8 Å². The van der Waals surface area contributed by atoms with E-state index in [1.807, 2.05) is 0 Å². The van der Waals surface area contributed by atoms with Crippen LogP contribution in [0.5, 0.6) is 5.75 Å². The number of hydrogen-bond donors (Lipinski definition) is 2. The van der Waals surface area contributed by atoms with E-state index in [0.717, 1.165) is 0 Å². The van der Waals surface area contributed by atoms with Gasteiger partial charge in [0.05, 0.1) is 19.1 Å². The summed E-state index contributed by atoms with van der Waals surface area (Å²) in [6, 6.07) is 3.33. The number of methoxy groups -OCH3 is 1. The lowest BCUT2D eigenvalue weighted by molar-refractivity contribution is -0.138. The second kappa shape index (κ2) is 5.81. The van der Waals surface area contributed by atoms with Crippen LogP contribution < -0.4 is 15.8 Å². The van der Waals surface area contributed by atoms with Gasteiger partial charge >= 0.3 is 6.18 Å². The molecule has 7 heteroatoms. The number of ether oxygens (including phenoxy) is 1. The number of amides is 1. The Hall–Kier alpha value is -1.92. The number of rotatable bonds is 4. The molecular formula is C12H15F3N2O2. The molecule has 106 valence electrons. The number of halogens is 3. The quantitative estimate of drug-likeness (QED) is 0.830. The van der Waals surface area contributed by atoms with Crippen LogP contribution in [-0.4, -0.2) is 25.2 Å². The van der Waals surface area contributed by atoms with Crippen LogP contribution in [0.25, 0.3) is 0 Å². The number of benzene rings is 1. The Labute approximate surface area is 108 Å². The fourth-order valence-electron chi connectivity index (χ4n) is 1.57. The van der Waals surface area contributed by atoms with Gasteiger partial charge < -0.3 is 15.8 Å². The predicted molar refractivity (Wildman–Crippen MR) is 65.0 cm³/mol. The van der Waals surface area contributed by atoms with Crippen molar-refractivity contribution >= 4 is 11.6 Å². The normalized spacial score (nSPS) is 12.9. The van der Waals surface area contributed by atoms with E-state index in [-0.39, 0.29) is 11.3 Å². The third-order valence-corrected chi connectivity index (χ3v) is 2.42. The molecule has 0 fully saturated rings. The molecule has 3 N–H and O–H groups in total. The molecule has 0 bridgehead atoms. The lowest BCUT2D eigenvalue weighted by Crippen LogP contribution is -2.36. The first-order valence-corrected chi connectivity index (χ1v) is 5.54. The van der Waals surface area contributed by atoms with E-state index in [4.69, 9.17) is 10.5 Å². The standard InChI is InChI=1S/C12H15F3N2O2/c1-7(6-12(13,14)15)17-11(18)9-4-3-8(19-2)5-10(9)16/h3-5,7H,6,16H2,1-2H3,(H,17,18). The molecule has 1 rings (SSSR count). The van der Waals surface area contributed by atoms with Crippen LogP contribution in [0.3, 0.4) is 0 Å². The van der Waals surface area contributed by atoms with Gasteiger partial charge in [0.1, 0.15) is 5.75 Å². The highest BCUT2D eigenvalue weighted by atomic mass is 19.4. The molecule has 0 aliphatic heterocycles. The molecule has 4 nitrogen and oxygen atoms in total. The second-order valence-electron chi connectivity index (χ2n) is 4.15. The molecule has 0 aromatic heterocycles. The van der Waals surface area contributed by atoms with Gasteiger partial charge in [0, 0.05) is 17.8 Å². The fourth-order valence-corrected chi connectivity index (χ4v) is 1.57. The Morgan fingerprint density at radius 2 is 2.11 bits per heavy atom. The topological polar surface area (TPSA) is 64.3 Å². The van der Waals surface area contributed by atoms with Gasteiger partial charge in [0.25, 0.3) is 5.91 Å². The number of alkyl halides is 3. The van der Waals surface area contributed by atoms with Crippen molar-refractivity contribution in [1.29, 1.82) is 0 Å². The van der Waals surface area contributed by atoms with Crippen LogP contribution in [0, 0.1) is 0 Å². The van der Waals surface area contributed by atoms with E-state index in [0.29, 0.717) is 5.75 Å². The summed E-state index contributed by atoms with van der Waals surface area (Å²) < 4.78 is 41.3. The van der Waals surface area contributed by atoms with Crippen LogP contribution in [0.2, 0.25) is 0 Å². The van der Waals surface area contributed by atoms with Gasteiger partial charge in [-0.05, 0) is 19.1 Å². The first-order chi connectivity index (χ1) is 8.73. The highest BCUT2D eigenvalue weighted by Crippen LogP contribution is 2.23. The van der Waals surface area contributed by atoms with Crippen LogP contribution >= 0.6 is 0 Å². The summed E-state index contributed by atoms with van der Waals surface area (Å²) in [5, 5.41) is 2.25. The van der Waals surface area contributed by atoms with E-state index in [2.05, 4.69) is 5.32 Å². The molecule has 19 heavy (non-hydrogen) atoms. The molecule has 1 unspecified atom stereocenters. The van der Waals surface area contributed by atoms with E-state index in [1.54, 1.807) is 0 Å². The number of carbonyl (C=O) groups is 1. The van der Waals surface area contributed by atoms with E-state index < -0.39 is 24.5 Å². The van der Waals surface area contributed by atoms with Gasteiger partial charge in [-0.2, -0.15) is 13.2 Å². The van der Waals surface area contributed by atoms with Gasteiger partial charge in [-0.25, -0.2) is 0 Å². The molecule has 0 aliphatic rings. The lowest BCUT2D eigenvalue weighted by atomic mass is 10.1. The van der Waals surface area contributed by atoms with Crippen molar-refractivity contribution in [2.24, 2.45) is 0 Å². The maximum absolute atomic E-state index is 12.1. The van der Waals surface area contributed by atoms with Crippen LogP contribution in [0.1, 0.15) is 23.7 Å². The van der Waals surface area contributed by atoms with Gasteiger partial charge in [-0.3, -0.25) is 4.79 Å². The van der Waals surface area contributed by atoms with Crippen molar-refractivity contribution in [3.8, 4) is 5.75 Å². The third-order valence-electron chi connectivity index (χ3n) is 2.42. The van der Waals surface area contributed by atoms with E-state index in [9.17, 15) is 18.0 Å². The molecule has 1 amide bonds. The third kappa shape index (κ3) is 4.69. The van der Waals surface area contributed by atoms with Crippen LogP contribution in [0.15, 0.2) is 18.2 Å². The molecule has 1 aromatic rings. The average molecular weight is 276 g/mol. The summed E-state index contributed by atoms with van der Waals surface area (Å²) in [5.41, 5.74) is 5.91. The Bertz CT molecular complexity index is 461. The SMILES string of the molecule is COc1ccc(C(=O)NC(C)CC(F)(F)F)c(N)c1. The summed E-state index contributed by atoms with van der Waals surface area (Å²) in [5.74, 6) is -0.172. The second-order valence-corrected chi connectivity index (χ2v) is 4.15. The molecule has 0 radical (unpaired) electrons. The first-order valence-electron chi connectivity index (χ1n) is 5.54. The molecule has 0 heterocycles. The number of carbonyl (C=O) groups excluding carboxylic acids is 1. The Kier molecular flexibility index (Phi) is 4.63. The summed E-state index contributed by atoms with van der Waals surface area (Å²) in [6.07, 6.45) is -5.41. The predicted octanol–water partition coefficient (Wildman–Crippen LogP) is 2.35. The van der Waals surface area contributed by atoms with Crippen molar-refractivity contribution < 1.29 is 22.7 Å². The minimum Gasteiger partial charge on any atom is -0.497 e. The monoisotopic (exact) mass is 276 g/mol. The fraction of sp³-hybridized carbons (Fsp3) is 0.417. The van der Waals surface area contributed by atoms with Crippen molar-refractivity contribution in [1.82, 2.24) is 5.32 Å². The Morgan fingerprint density at radius 3 is 2.58 bits per heavy atom. The van der Waals surface area contributed by atoms with Crippen LogP contribution in [-0.2, 0) is 0 Å². The molecule has 0 aliphatic carbocycles. The van der Waals surface area contributed by atoms with Gasteiger partial charge in [0.15, 0.2) is 0 Å². The van der Waals surface area contributed by atoms with Crippen molar-refractivity contribution in [2.45, 2.75) is 25.6 Å². The Balaban J connectivity index is 2.73. The number of nitrogens with one attached hydrogen (secondary N) is 1. The zero-order valence-corrected chi connectivity index (χ0v) is 10.5. The average Bonchev–Trinajstić information content (AvgIpc) is 2.25. The maximum Gasteiger partial charge on any atom is 0.391 e. The minimum absolute atomic E-state index is 0.120. The van der Waals surface area contributed by atoms with E-state index in [1.165, 1.54) is 32.2 Å². The smallest absolute Gasteiger partial charge is 0.391 e. The van der Waals surface area contributed by atoms with E-state index >= 15 is 0 Å². The molecule has 0 spiro atoms. The number of nitrogen functional groups attached to an aromatic ring is 1. The summed E-state index contributed by atoms with van der Waals surface area (Å²) in [4.78, 5) is 11.8. The van der Waals surface area contributed by atoms with Gasteiger partial charge in [-0.1, -0.05) is 0 Å². The highest BCUT2D eigenvalue weighted by molar-refractivity contribution is 5.99. The summed E-state index contributed by atoms with van der Waals surface area (Å²) in [7, 11) is 1.44. The largest absolute Gasteiger partial charge is 0.497 e. The molecule has 1 aromatic carbocycles. The molecular weight excluding hydrogens is 261 g/mol. The summed E-state index contributed by atoms with van der Waals surface area (Å²) in [6.45, 7) is 1.28. The molecule has 0 saturated heterocycles. The van der Waals surface area contributed by atoms with Crippen LogP contribution in [0.4, 0.5) is 18.9 Å². The zero-order valence-electron chi connectivity index (χ0n) is 10.5. The van der Waals surface area contributed by atoms with Crippen molar-refractivity contribution in [3.63, 3.8) is 0 Å². The maximum atomic E-state index is 12.1.